The summed E-state index contributed by atoms with van der Waals surface area (Å²) in [4.78, 5) is 0. The molecule has 3 N–H and O–H groups in total. The molecular weight excluding hydrogens is 292 g/mol. The standard InChI is InChI=1S/C18H22N2O3/c1-11-8-18(2)15(19-9-11)13-14(23-18)17(22)20(16(13)21)10-12-6-4-3-5-7-12/h3-7,11,15,19,21-22H,8-10H2,1-2H3/t11-,15-,18-/m0/s1. The molecule has 1 aromatic carbocycles. The van der Waals surface area contributed by atoms with Crippen molar-refractivity contribution in [2.24, 2.45) is 5.92 Å². The predicted octanol–water partition coefficient (Wildman–Crippen LogP) is 2.77. The van der Waals surface area contributed by atoms with Crippen LogP contribution in [0.2, 0.25) is 0 Å². The highest BCUT2D eigenvalue weighted by Gasteiger charge is 2.52. The molecule has 0 spiro atoms. The third kappa shape index (κ3) is 2.10. The number of aromatic hydroxyl groups is 2. The quantitative estimate of drug-likeness (QED) is 0.797. The van der Waals surface area contributed by atoms with Gasteiger partial charge in [0.05, 0.1) is 18.2 Å². The first-order valence-corrected chi connectivity index (χ1v) is 8.10. The van der Waals surface area contributed by atoms with Crippen molar-refractivity contribution >= 4 is 0 Å². The lowest BCUT2D eigenvalue weighted by molar-refractivity contribution is 0.0235. The van der Waals surface area contributed by atoms with Gasteiger partial charge < -0.3 is 20.3 Å². The number of ether oxygens (including phenoxy) is 1. The second-order valence-corrected chi connectivity index (χ2v) is 7.03. The predicted molar refractivity (Wildman–Crippen MR) is 86.9 cm³/mol. The summed E-state index contributed by atoms with van der Waals surface area (Å²) >= 11 is 0. The summed E-state index contributed by atoms with van der Waals surface area (Å²) in [6, 6.07) is 9.68. The van der Waals surface area contributed by atoms with Gasteiger partial charge in [-0.15, -0.1) is 0 Å². The number of aromatic nitrogens is 1. The summed E-state index contributed by atoms with van der Waals surface area (Å²) in [5, 5.41) is 24.7. The van der Waals surface area contributed by atoms with Crippen LogP contribution < -0.4 is 10.1 Å². The Labute approximate surface area is 135 Å². The average molecular weight is 314 g/mol. The van der Waals surface area contributed by atoms with Gasteiger partial charge in [-0.25, -0.2) is 0 Å². The van der Waals surface area contributed by atoms with Gasteiger partial charge in [0.1, 0.15) is 5.60 Å². The molecule has 1 saturated heterocycles. The van der Waals surface area contributed by atoms with Crippen LogP contribution in [-0.2, 0) is 6.54 Å². The van der Waals surface area contributed by atoms with Crippen LogP contribution in [0.25, 0.3) is 0 Å². The van der Waals surface area contributed by atoms with Crippen molar-refractivity contribution < 1.29 is 14.9 Å². The van der Waals surface area contributed by atoms with Gasteiger partial charge in [0.25, 0.3) is 0 Å². The zero-order valence-corrected chi connectivity index (χ0v) is 13.4. The molecule has 3 heterocycles. The number of piperidine rings is 1. The Morgan fingerprint density at radius 2 is 2.00 bits per heavy atom. The summed E-state index contributed by atoms with van der Waals surface area (Å²) < 4.78 is 7.62. The number of nitrogens with one attached hydrogen (secondary N) is 1. The zero-order chi connectivity index (χ0) is 16.2. The number of fused-ring (bicyclic) bond motifs is 3. The number of benzene rings is 1. The summed E-state index contributed by atoms with van der Waals surface area (Å²) in [5.41, 5.74) is 1.29. The van der Waals surface area contributed by atoms with Crippen LogP contribution in [0.5, 0.6) is 17.5 Å². The van der Waals surface area contributed by atoms with Crippen LogP contribution in [0.15, 0.2) is 30.3 Å². The lowest BCUT2D eigenvalue weighted by atomic mass is 9.81. The van der Waals surface area contributed by atoms with Crippen LogP contribution in [0, 0.1) is 5.92 Å². The number of hydrogen-bond acceptors (Lipinski definition) is 4. The first-order chi connectivity index (χ1) is 11.0. The summed E-state index contributed by atoms with van der Waals surface area (Å²) in [7, 11) is 0. The fourth-order valence-electron chi connectivity index (χ4n) is 4.02. The Hall–Kier alpha value is -2.14. The molecule has 2 aliphatic rings. The molecule has 23 heavy (non-hydrogen) atoms. The van der Waals surface area contributed by atoms with Crippen molar-refractivity contribution in [2.45, 2.75) is 38.5 Å². The minimum absolute atomic E-state index is 0.00595. The second kappa shape index (κ2) is 4.93. The van der Waals surface area contributed by atoms with E-state index in [9.17, 15) is 10.2 Å². The lowest BCUT2D eigenvalue weighted by Crippen LogP contribution is -2.49. The van der Waals surface area contributed by atoms with Gasteiger partial charge in [0, 0.05) is 0 Å². The highest BCUT2D eigenvalue weighted by Crippen LogP contribution is 2.56. The molecule has 0 amide bonds. The van der Waals surface area contributed by atoms with Crippen LogP contribution in [-0.4, -0.2) is 26.9 Å². The fraction of sp³-hybridized carbons (Fsp3) is 0.444. The number of hydrogen-bond donors (Lipinski definition) is 3. The molecule has 122 valence electrons. The van der Waals surface area contributed by atoms with E-state index in [0.29, 0.717) is 23.8 Å². The molecule has 2 aliphatic heterocycles. The zero-order valence-electron chi connectivity index (χ0n) is 13.4. The largest absolute Gasteiger partial charge is 0.494 e. The van der Waals surface area contributed by atoms with Gasteiger partial charge in [0.2, 0.25) is 11.8 Å². The molecule has 0 unspecified atom stereocenters. The smallest absolute Gasteiger partial charge is 0.238 e. The van der Waals surface area contributed by atoms with E-state index in [1.807, 2.05) is 37.3 Å². The lowest BCUT2D eigenvalue weighted by Gasteiger charge is -2.39. The van der Waals surface area contributed by atoms with Crippen LogP contribution in [0.1, 0.15) is 37.4 Å². The van der Waals surface area contributed by atoms with Crippen molar-refractivity contribution in [3.05, 3.63) is 41.5 Å². The van der Waals surface area contributed by atoms with Gasteiger partial charge >= 0.3 is 0 Å². The Kier molecular flexibility index (Phi) is 3.10. The Bertz CT molecular complexity index is 740. The number of rotatable bonds is 2. The maximum absolute atomic E-state index is 10.7. The molecule has 0 aliphatic carbocycles. The fourth-order valence-corrected chi connectivity index (χ4v) is 4.02. The van der Waals surface area contributed by atoms with Gasteiger partial charge in [-0.3, -0.25) is 4.57 Å². The van der Waals surface area contributed by atoms with E-state index in [1.165, 1.54) is 4.57 Å². The van der Waals surface area contributed by atoms with Crippen LogP contribution in [0.3, 0.4) is 0 Å². The van der Waals surface area contributed by atoms with Crippen LogP contribution in [0.4, 0.5) is 0 Å². The minimum Gasteiger partial charge on any atom is -0.494 e. The van der Waals surface area contributed by atoms with E-state index in [2.05, 4.69) is 12.2 Å². The van der Waals surface area contributed by atoms with Crippen molar-refractivity contribution in [1.82, 2.24) is 9.88 Å². The Balaban J connectivity index is 1.73. The van der Waals surface area contributed by atoms with Crippen molar-refractivity contribution in [1.29, 1.82) is 0 Å². The minimum atomic E-state index is -0.414. The molecule has 5 nitrogen and oxygen atoms in total. The highest BCUT2D eigenvalue weighted by molar-refractivity contribution is 5.57. The van der Waals surface area contributed by atoms with Gasteiger partial charge in [-0.1, -0.05) is 37.3 Å². The van der Waals surface area contributed by atoms with E-state index in [-0.39, 0.29) is 17.8 Å². The normalized spacial score (nSPS) is 29.0. The summed E-state index contributed by atoms with van der Waals surface area (Å²) in [6.45, 7) is 5.51. The maximum Gasteiger partial charge on any atom is 0.238 e. The molecule has 4 rings (SSSR count). The van der Waals surface area contributed by atoms with Crippen molar-refractivity contribution in [3.8, 4) is 17.5 Å². The van der Waals surface area contributed by atoms with Crippen molar-refractivity contribution in [3.63, 3.8) is 0 Å². The van der Waals surface area contributed by atoms with E-state index in [4.69, 9.17) is 4.74 Å². The molecule has 2 aromatic rings. The topological polar surface area (TPSA) is 66.7 Å². The highest BCUT2D eigenvalue weighted by atomic mass is 16.5. The molecule has 0 saturated carbocycles. The third-order valence-corrected chi connectivity index (χ3v) is 5.04. The molecule has 0 bridgehead atoms. The maximum atomic E-state index is 10.7. The third-order valence-electron chi connectivity index (χ3n) is 5.04. The molecule has 1 fully saturated rings. The molecular formula is C18H22N2O3. The van der Waals surface area contributed by atoms with Crippen LogP contribution >= 0.6 is 0 Å². The average Bonchev–Trinajstić information content (AvgIpc) is 2.94. The molecule has 3 atom stereocenters. The first-order valence-electron chi connectivity index (χ1n) is 8.10. The van der Waals surface area contributed by atoms with Gasteiger partial charge in [-0.05, 0) is 31.4 Å². The van der Waals surface area contributed by atoms with Gasteiger partial charge in [-0.2, -0.15) is 0 Å². The Morgan fingerprint density at radius 1 is 1.26 bits per heavy atom. The monoisotopic (exact) mass is 314 g/mol. The van der Waals surface area contributed by atoms with Crippen molar-refractivity contribution in [2.75, 3.05) is 6.54 Å². The van der Waals surface area contributed by atoms with Gasteiger partial charge in [0.15, 0.2) is 5.75 Å². The SMILES string of the molecule is C[C@@H]1CN[C@H]2c3c(c(O)n(Cc4ccccc4)c3O)O[C@@]2(C)C1. The first kappa shape index (κ1) is 14.5. The van der Waals surface area contributed by atoms with E-state index >= 15 is 0 Å². The molecule has 1 aromatic heterocycles. The molecule has 0 radical (unpaired) electrons. The Morgan fingerprint density at radius 3 is 2.74 bits per heavy atom. The summed E-state index contributed by atoms with van der Waals surface area (Å²) in [5.74, 6) is 1.03. The van der Waals surface area contributed by atoms with E-state index in [0.717, 1.165) is 18.5 Å². The summed E-state index contributed by atoms with van der Waals surface area (Å²) in [6.07, 6.45) is 0.900. The number of nitrogens with zero attached hydrogens (tertiary/aromatic N) is 1. The van der Waals surface area contributed by atoms with E-state index < -0.39 is 5.60 Å². The second-order valence-electron chi connectivity index (χ2n) is 7.03. The molecule has 5 heteroatoms. The van der Waals surface area contributed by atoms with E-state index in [1.54, 1.807) is 0 Å².